The van der Waals surface area contributed by atoms with E-state index in [1.54, 1.807) is 25.1 Å². The number of benzene rings is 1. The summed E-state index contributed by atoms with van der Waals surface area (Å²) in [6.07, 6.45) is 2.84. The topological polar surface area (TPSA) is 98.0 Å². The molecule has 0 aliphatic carbocycles. The van der Waals surface area contributed by atoms with E-state index in [0.29, 0.717) is 28.2 Å². The maximum absolute atomic E-state index is 11.3. The number of carboxylic acid groups (broad SMARTS) is 1. The number of nitrogens with zero attached hydrogens (tertiary/aromatic N) is 1. The summed E-state index contributed by atoms with van der Waals surface area (Å²) in [6, 6.07) is 5.08. The zero-order valence-corrected chi connectivity index (χ0v) is 12.7. The molecule has 0 atom stereocenters. The molecule has 0 saturated carbocycles. The van der Waals surface area contributed by atoms with Gasteiger partial charge in [0.15, 0.2) is 5.76 Å². The van der Waals surface area contributed by atoms with E-state index in [0.717, 1.165) is 0 Å². The van der Waals surface area contributed by atoms with Crippen molar-refractivity contribution in [1.29, 1.82) is 0 Å². The SMILES string of the molecule is Cc1oc2ccc(O/C(C=NC(C)C)=C/N)cc2c1C(=O)O. The second-order valence-electron chi connectivity index (χ2n) is 5.04. The average Bonchev–Trinajstić information content (AvgIpc) is 2.78. The third-order valence-corrected chi connectivity index (χ3v) is 2.95. The number of carboxylic acids is 1. The summed E-state index contributed by atoms with van der Waals surface area (Å²) in [4.78, 5) is 15.5. The minimum atomic E-state index is -1.04. The molecule has 0 bridgehead atoms. The smallest absolute Gasteiger partial charge is 0.339 e. The number of allylic oxidation sites excluding steroid dienone is 1. The first kappa shape index (κ1) is 15.6. The molecule has 6 nitrogen and oxygen atoms in total. The fourth-order valence-corrected chi connectivity index (χ4v) is 1.99. The summed E-state index contributed by atoms with van der Waals surface area (Å²) in [6.45, 7) is 5.48. The normalized spacial score (nSPS) is 12.5. The van der Waals surface area contributed by atoms with Crippen molar-refractivity contribution in [3.05, 3.63) is 41.5 Å². The second-order valence-corrected chi connectivity index (χ2v) is 5.04. The van der Waals surface area contributed by atoms with Crippen molar-refractivity contribution in [2.24, 2.45) is 10.7 Å². The predicted molar refractivity (Wildman–Crippen MR) is 84.4 cm³/mol. The van der Waals surface area contributed by atoms with Crippen LogP contribution in [0.5, 0.6) is 5.75 Å². The summed E-state index contributed by atoms with van der Waals surface area (Å²) in [7, 11) is 0. The van der Waals surface area contributed by atoms with E-state index >= 15 is 0 Å². The summed E-state index contributed by atoms with van der Waals surface area (Å²) >= 11 is 0. The standard InChI is InChI=1S/C16H18N2O4/c1-9(2)18-8-12(7-17)22-11-4-5-14-13(6-11)15(16(19)20)10(3)21-14/h4-9H,17H2,1-3H3,(H,19,20)/b12-7+,18-8?. The van der Waals surface area contributed by atoms with Crippen molar-refractivity contribution in [2.45, 2.75) is 26.8 Å². The highest BCUT2D eigenvalue weighted by atomic mass is 16.5. The van der Waals surface area contributed by atoms with E-state index in [4.69, 9.17) is 14.9 Å². The fraction of sp³-hybridized carbons (Fsp3) is 0.250. The highest BCUT2D eigenvalue weighted by molar-refractivity contribution is 6.04. The largest absolute Gasteiger partial charge is 0.478 e. The number of rotatable bonds is 5. The van der Waals surface area contributed by atoms with E-state index in [2.05, 4.69) is 4.99 Å². The predicted octanol–water partition coefficient (Wildman–Crippen LogP) is 3.10. The summed E-state index contributed by atoms with van der Waals surface area (Å²) in [5.74, 6) is 0.160. The van der Waals surface area contributed by atoms with Crippen LogP contribution in [-0.2, 0) is 0 Å². The van der Waals surface area contributed by atoms with Gasteiger partial charge in [-0.25, -0.2) is 4.79 Å². The molecule has 1 aromatic carbocycles. The van der Waals surface area contributed by atoms with Crippen molar-refractivity contribution in [3.63, 3.8) is 0 Å². The van der Waals surface area contributed by atoms with Gasteiger partial charge >= 0.3 is 5.97 Å². The fourth-order valence-electron chi connectivity index (χ4n) is 1.99. The first-order valence-electron chi connectivity index (χ1n) is 6.81. The van der Waals surface area contributed by atoms with E-state index in [1.807, 2.05) is 13.8 Å². The molecule has 3 N–H and O–H groups in total. The van der Waals surface area contributed by atoms with Gasteiger partial charge < -0.3 is 20.0 Å². The molecule has 2 rings (SSSR count). The van der Waals surface area contributed by atoms with Crippen molar-refractivity contribution in [3.8, 4) is 5.75 Å². The van der Waals surface area contributed by atoms with Crippen LogP contribution in [0.4, 0.5) is 0 Å². The van der Waals surface area contributed by atoms with Crippen LogP contribution in [0, 0.1) is 6.92 Å². The van der Waals surface area contributed by atoms with Gasteiger partial charge in [-0.2, -0.15) is 0 Å². The van der Waals surface area contributed by atoms with Crippen molar-refractivity contribution in [1.82, 2.24) is 0 Å². The van der Waals surface area contributed by atoms with Crippen molar-refractivity contribution in [2.75, 3.05) is 0 Å². The quantitative estimate of drug-likeness (QED) is 0.653. The van der Waals surface area contributed by atoms with Crippen LogP contribution >= 0.6 is 0 Å². The molecular formula is C16H18N2O4. The molecule has 0 fully saturated rings. The maximum atomic E-state index is 11.3. The molecule has 0 saturated heterocycles. The van der Waals surface area contributed by atoms with Crippen LogP contribution in [-0.4, -0.2) is 23.3 Å². The first-order valence-corrected chi connectivity index (χ1v) is 6.81. The lowest BCUT2D eigenvalue weighted by atomic mass is 10.1. The minimum Gasteiger partial charge on any atom is -0.478 e. The van der Waals surface area contributed by atoms with Crippen LogP contribution in [0.1, 0.15) is 30.0 Å². The minimum absolute atomic E-state index is 0.121. The van der Waals surface area contributed by atoms with Crippen molar-refractivity contribution >= 4 is 23.2 Å². The molecule has 116 valence electrons. The Morgan fingerprint density at radius 1 is 1.45 bits per heavy atom. The zero-order chi connectivity index (χ0) is 16.3. The summed E-state index contributed by atoms with van der Waals surface area (Å²) in [5.41, 5.74) is 6.14. The van der Waals surface area contributed by atoms with Gasteiger partial charge in [0.05, 0.1) is 6.21 Å². The molecule has 6 heteroatoms. The lowest BCUT2D eigenvalue weighted by Gasteiger charge is -2.06. The van der Waals surface area contributed by atoms with Crippen LogP contribution in [0.25, 0.3) is 11.0 Å². The number of furan rings is 1. The number of nitrogens with two attached hydrogens (primary N) is 1. The van der Waals surface area contributed by atoms with Gasteiger partial charge in [0.25, 0.3) is 0 Å². The van der Waals surface area contributed by atoms with Crippen LogP contribution in [0.3, 0.4) is 0 Å². The highest BCUT2D eigenvalue weighted by Crippen LogP contribution is 2.29. The summed E-state index contributed by atoms with van der Waals surface area (Å²) in [5, 5.41) is 9.75. The van der Waals surface area contributed by atoms with Gasteiger partial charge in [0, 0.05) is 17.6 Å². The number of aliphatic imine (C=N–C) groups is 1. The van der Waals surface area contributed by atoms with Crippen LogP contribution < -0.4 is 10.5 Å². The molecule has 0 radical (unpaired) electrons. The van der Waals surface area contributed by atoms with Gasteiger partial charge in [-0.15, -0.1) is 0 Å². The van der Waals surface area contributed by atoms with E-state index in [-0.39, 0.29) is 11.6 Å². The molecule has 0 unspecified atom stereocenters. The number of aromatic carboxylic acids is 1. The molecule has 0 spiro atoms. The molecule has 22 heavy (non-hydrogen) atoms. The number of ether oxygens (including phenoxy) is 1. The Bertz CT molecular complexity index is 757. The van der Waals surface area contributed by atoms with Gasteiger partial charge in [-0.3, -0.25) is 4.99 Å². The van der Waals surface area contributed by atoms with Gasteiger partial charge in [0.1, 0.15) is 22.7 Å². The van der Waals surface area contributed by atoms with E-state index in [9.17, 15) is 9.90 Å². The van der Waals surface area contributed by atoms with E-state index < -0.39 is 5.97 Å². The Morgan fingerprint density at radius 3 is 2.77 bits per heavy atom. The number of hydrogen-bond donors (Lipinski definition) is 2. The molecule has 0 aliphatic heterocycles. The Balaban J connectivity index is 2.37. The molecule has 1 aromatic heterocycles. The van der Waals surface area contributed by atoms with Crippen LogP contribution in [0.15, 0.2) is 39.6 Å². The maximum Gasteiger partial charge on any atom is 0.339 e. The highest BCUT2D eigenvalue weighted by Gasteiger charge is 2.18. The zero-order valence-electron chi connectivity index (χ0n) is 12.7. The number of aryl methyl sites for hydroxylation is 1. The summed E-state index contributed by atoms with van der Waals surface area (Å²) < 4.78 is 11.0. The lowest BCUT2D eigenvalue weighted by molar-refractivity contribution is 0.0697. The number of carbonyl (C=O) groups is 1. The molecule has 1 heterocycles. The second kappa shape index (κ2) is 6.34. The Labute approximate surface area is 127 Å². The monoisotopic (exact) mass is 302 g/mol. The van der Waals surface area contributed by atoms with Gasteiger partial charge in [0.2, 0.25) is 0 Å². The molecular weight excluding hydrogens is 284 g/mol. The van der Waals surface area contributed by atoms with Crippen LogP contribution in [0.2, 0.25) is 0 Å². The lowest BCUT2D eigenvalue weighted by Crippen LogP contribution is -2.02. The van der Waals surface area contributed by atoms with Crippen molar-refractivity contribution < 1.29 is 19.1 Å². The Morgan fingerprint density at radius 2 is 2.18 bits per heavy atom. The molecule has 0 aliphatic rings. The van der Waals surface area contributed by atoms with Gasteiger partial charge in [-0.05, 0) is 39.0 Å². The number of hydrogen-bond acceptors (Lipinski definition) is 5. The molecule has 0 amide bonds. The third kappa shape index (κ3) is 3.28. The van der Waals surface area contributed by atoms with E-state index in [1.165, 1.54) is 12.4 Å². The first-order chi connectivity index (χ1) is 10.4. The average molecular weight is 302 g/mol. The Hall–Kier alpha value is -2.76. The number of fused-ring (bicyclic) bond motifs is 1. The molecule has 2 aromatic rings. The Kier molecular flexibility index (Phi) is 4.50. The third-order valence-electron chi connectivity index (χ3n) is 2.95. The van der Waals surface area contributed by atoms with Gasteiger partial charge in [-0.1, -0.05) is 0 Å².